The van der Waals surface area contributed by atoms with Crippen LogP contribution in [0.25, 0.3) is 17.1 Å². The first-order valence-corrected chi connectivity index (χ1v) is 10.4. The van der Waals surface area contributed by atoms with Gasteiger partial charge in [0, 0.05) is 5.56 Å². The van der Waals surface area contributed by atoms with E-state index < -0.39 is 0 Å². The predicted octanol–water partition coefficient (Wildman–Crippen LogP) is 4.58. The molecule has 2 aromatic heterocycles. The summed E-state index contributed by atoms with van der Waals surface area (Å²) in [7, 11) is 0. The van der Waals surface area contributed by atoms with Crippen molar-refractivity contribution >= 4 is 23.4 Å². The molecule has 1 amide bonds. The van der Waals surface area contributed by atoms with Crippen molar-refractivity contribution in [3.8, 4) is 17.1 Å². The van der Waals surface area contributed by atoms with Crippen LogP contribution in [-0.2, 0) is 4.79 Å². The van der Waals surface area contributed by atoms with Gasteiger partial charge in [-0.1, -0.05) is 47.7 Å². The van der Waals surface area contributed by atoms with Gasteiger partial charge in [0.2, 0.25) is 11.8 Å². The van der Waals surface area contributed by atoms with Crippen LogP contribution in [0.2, 0.25) is 0 Å². The fourth-order valence-corrected chi connectivity index (χ4v) is 3.67. The zero-order chi connectivity index (χ0) is 21.1. The van der Waals surface area contributed by atoms with Crippen LogP contribution in [0.15, 0.2) is 64.2 Å². The summed E-state index contributed by atoms with van der Waals surface area (Å²) in [6.45, 7) is 5.81. The van der Waals surface area contributed by atoms with Crippen molar-refractivity contribution in [2.24, 2.45) is 0 Å². The monoisotopic (exact) mass is 419 g/mol. The molecule has 2 aromatic carbocycles. The van der Waals surface area contributed by atoms with Gasteiger partial charge in [-0.05, 0) is 45.0 Å². The molecule has 0 saturated heterocycles. The average molecular weight is 420 g/mol. The molecule has 0 saturated carbocycles. The lowest BCUT2D eigenvalue weighted by molar-refractivity contribution is -0.113. The van der Waals surface area contributed by atoms with E-state index in [1.165, 1.54) is 11.8 Å². The van der Waals surface area contributed by atoms with Crippen LogP contribution in [0.1, 0.15) is 17.0 Å². The number of nitrogens with zero attached hydrogens (tertiary/aromatic N) is 4. The molecule has 0 aliphatic heterocycles. The third kappa shape index (κ3) is 4.28. The number of anilines is 1. The zero-order valence-electron chi connectivity index (χ0n) is 16.9. The summed E-state index contributed by atoms with van der Waals surface area (Å²) in [6.07, 6.45) is 0. The zero-order valence-corrected chi connectivity index (χ0v) is 17.7. The van der Waals surface area contributed by atoms with Crippen molar-refractivity contribution in [3.05, 3.63) is 71.5 Å². The van der Waals surface area contributed by atoms with E-state index in [1.807, 2.05) is 80.1 Å². The molecule has 0 unspecified atom stereocenters. The molecule has 0 bridgehead atoms. The summed E-state index contributed by atoms with van der Waals surface area (Å²) < 4.78 is 7.50. The van der Waals surface area contributed by atoms with Gasteiger partial charge in [0.15, 0.2) is 0 Å². The molecule has 30 heavy (non-hydrogen) atoms. The van der Waals surface area contributed by atoms with Crippen molar-refractivity contribution in [2.75, 3.05) is 11.1 Å². The fraction of sp³-hybridized carbons (Fsp3) is 0.182. The highest BCUT2D eigenvalue weighted by atomic mass is 32.2. The molecule has 8 heteroatoms. The number of carbonyl (C=O) groups excluding carboxylic acids is 1. The summed E-state index contributed by atoms with van der Waals surface area (Å²) in [5, 5.41) is 16.0. The number of rotatable bonds is 6. The van der Waals surface area contributed by atoms with Crippen molar-refractivity contribution in [1.29, 1.82) is 0 Å². The van der Waals surface area contributed by atoms with Crippen LogP contribution in [0.3, 0.4) is 0 Å². The Kier molecular flexibility index (Phi) is 5.67. The minimum absolute atomic E-state index is 0.158. The lowest BCUT2D eigenvalue weighted by atomic mass is 10.1. The number of benzene rings is 2. The Morgan fingerprint density at radius 1 is 1.07 bits per heavy atom. The number of thioether (sulfide) groups is 1. The Hall–Kier alpha value is -3.39. The van der Waals surface area contributed by atoms with Gasteiger partial charge in [0.1, 0.15) is 0 Å². The number of hydrogen-bond donors (Lipinski definition) is 1. The number of amides is 1. The van der Waals surface area contributed by atoms with Gasteiger partial charge in [-0.15, -0.1) is 10.2 Å². The molecular weight excluding hydrogens is 398 g/mol. The second-order valence-electron chi connectivity index (χ2n) is 6.87. The highest BCUT2D eigenvalue weighted by Gasteiger charge is 2.16. The molecule has 152 valence electrons. The first-order chi connectivity index (χ1) is 14.5. The van der Waals surface area contributed by atoms with Gasteiger partial charge in [-0.3, -0.25) is 4.79 Å². The van der Waals surface area contributed by atoms with Gasteiger partial charge < -0.3 is 9.73 Å². The maximum atomic E-state index is 12.5. The highest BCUT2D eigenvalue weighted by Crippen LogP contribution is 2.25. The van der Waals surface area contributed by atoms with Crippen LogP contribution in [-0.4, -0.2) is 31.6 Å². The summed E-state index contributed by atoms with van der Waals surface area (Å²) in [5.74, 6) is 0.441. The lowest BCUT2D eigenvalue weighted by Gasteiger charge is -2.06. The van der Waals surface area contributed by atoms with Crippen LogP contribution in [0, 0.1) is 20.8 Å². The van der Waals surface area contributed by atoms with E-state index in [0.29, 0.717) is 11.1 Å². The second kappa shape index (κ2) is 8.54. The smallest absolute Gasteiger partial charge is 0.277 e. The second-order valence-corrected chi connectivity index (χ2v) is 7.80. The summed E-state index contributed by atoms with van der Waals surface area (Å²) in [6, 6.07) is 17.6. The van der Waals surface area contributed by atoms with E-state index in [4.69, 9.17) is 4.42 Å². The van der Waals surface area contributed by atoms with Crippen molar-refractivity contribution < 1.29 is 9.21 Å². The molecular formula is C22H21N5O2S. The van der Waals surface area contributed by atoms with Crippen LogP contribution in [0.4, 0.5) is 5.69 Å². The first kappa shape index (κ1) is 19.9. The van der Waals surface area contributed by atoms with E-state index in [2.05, 4.69) is 20.6 Å². The Bertz CT molecular complexity index is 1180. The van der Waals surface area contributed by atoms with Crippen molar-refractivity contribution in [2.45, 2.75) is 26.0 Å². The number of carbonyl (C=O) groups is 1. The summed E-state index contributed by atoms with van der Waals surface area (Å²) >= 11 is 1.20. The SMILES string of the molecule is Cc1cccc(-c2nnc(SCC(=O)Nc3c(C)nn(-c4ccccc4)c3C)o2)c1. The van der Waals surface area contributed by atoms with Gasteiger partial charge in [-0.25, -0.2) is 4.68 Å². The summed E-state index contributed by atoms with van der Waals surface area (Å²) in [5.41, 5.74) is 5.27. The maximum Gasteiger partial charge on any atom is 0.277 e. The van der Waals surface area contributed by atoms with E-state index in [9.17, 15) is 4.79 Å². The molecule has 0 spiro atoms. The number of hydrogen-bond acceptors (Lipinski definition) is 6. The molecule has 4 aromatic rings. The number of aromatic nitrogens is 4. The Balaban J connectivity index is 1.41. The quantitative estimate of drug-likeness (QED) is 0.461. The van der Waals surface area contributed by atoms with Gasteiger partial charge >= 0.3 is 0 Å². The third-order valence-corrected chi connectivity index (χ3v) is 5.37. The largest absolute Gasteiger partial charge is 0.411 e. The maximum absolute atomic E-state index is 12.5. The molecule has 1 N–H and O–H groups in total. The van der Waals surface area contributed by atoms with Crippen LogP contribution < -0.4 is 5.32 Å². The molecule has 0 aliphatic rings. The standard InChI is InChI=1S/C22H21N5O2S/c1-14-8-7-9-17(12-14)21-24-25-22(29-21)30-13-19(28)23-20-15(2)26-27(16(20)3)18-10-5-4-6-11-18/h4-12H,13H2,1-3H3,(H,23,28). The summed E-state index contributed by atoms with van der Waals surface area (Å²) in [4.78, 5) is 12.5. The highest BCUT2D eigenvalue weighted by molar-refractivity contribution is 7.99. The molecule has 0 aliphatic carbocycles. The molecule has 0 atom stereocenters. The average Bonchev–Trinajstić information content (AvgIpc) is 3.33. The Morgan fingerprint density at radius 2 is 1.87 bits per heavy atom. The lowest BCUT2D eigenvalue weighted by Crippen LogP contribution is -2.15. The van der Waals surface area contributed by atoms with Crippen LogP contribution in [0.5, 0.6) is 0 Å². The molecule has 7 nitrogen and oxygen atoms in total. The number of para-hydroxylation sites is 1. The van der Waals surface area contributed by atoms with Gasteiger partial charge in [-0.2, -0.15) is 5.10 Å². The van der Waals surface area contributed by atoms with Crippen molar-refractivity contribution in [3.63, 3.8) is 0 Å². The minimum Gasteiger partial charge on any atom is -0.411 e. The molecule has 2 heterocycles. The topological polar surface area (TPSA) is 85.8 Å². The minimum atomic E-state index is -0.158. The van der Waals surface area contributed by atoms with E-state index in [-0.39, 0.29) is 11.7 Å². The number of aryl methyl sites for hydroxylation is 2. The predicted molar refractivity (Wildman–Crippen MR) is 117 cm³/mol. The number of nitrogens with one attached hydrogen (secondary N) is 1. The normalized spacial score (nSPS) is 10.9. The van der Waals surface area contributed by atoms with Crippen LogP contribution >= 0.6 is 11.8 Å². The molecule has 0 fully saturated rings. The first-order valence-electron chi connectivity index (χ1n) is 9.46. The van der Waals surface area contributed by atoms with E-state index >= 15 is 0 Å². The third-order valence-electron chi connectivity index (χ3n) is 4.55. The van der Waals surface area contributed by atoms with Gasteiger partial charge in [0.25, 0.3) is 5.22 Å². The fourth-order valence-electron chi connectivity index (χ4n) is 3.11. The van der Waals surface area contributed by atoms with E-state index in [1.54, 1.807) is 0 Å². The molecule has 4 rings (SSSR count). The van der Waals surface area contributed by atoms with Crippen molar-refractivity contribution in [1.82, 2.24) is 20.0 Å². The van der Waals surface area contributed by atoms with Gasteiger partial charge in [0.05, 0.1) is 28.5 Å². The Labute approximate surface area is 178 Å². The molecule has 0 radical (unpaired) electrons. The van der Waals surface area contributed by atoms with E-state index in [0.717, 1.165) is 33.9 Å². The Morgan fingerprint density at radius 3 is 2.63 bits per heavy atom.